The van der Waals surface area contributed by atoms with E-state index < -0.39 is 28.6 Å². The highest BCUT2D eigenvalue weighted by Crippen LogP contribution is 2.15. The second kappa shape index (κ2) is 9.62. The van der Waals surface area contributed by atoms with Gasteiger partial charge in [-0.25, -0.2) is 8.42 Å². The van der Waals surface area contributed by atoms with E-state index in [1.54, 1.807) is 17.8 Å². The lowest BCUT2D eigenvalue weighted by atomic mass is 10.2. The third-order valence-corrected chi connectivity index (χ3v) is 5.06. The van der Waals surface area contributed by atoms with Crippen LogP contribution in [0.1, 0.15) is 6.42 Å². The number of esters is 1. The molecule has 1 aromatic rings. The van der Waals surface area contributed by atoms with E-state index in [1.165, 1.54) is 18.2 Å². The van der Waals surface area contributed by atoms with Crippen LogP contribution in [0.15, 0.2) is 29.2 Å². The molecule has 0 radical (unpaired) electrons. The number of nitrogens with one attached hydrogen (secondary N) is 2. The summed E-state index contributed by atoms with van der Waals surface area (Å²) >= 11 is 1.58. The van der Waals surface area contributed by atoms with Crippen LogP contribution in [0, 0.1) is 0 Å². The number of anilines is 1. The van der Waals surface area contributed by atoms with Crippen LogP contribution in [0.25, 0.3) is 0 Å². The highest BCUT2D eigenvalue weighted by Gasteiger charge is 2.18. The number of carbonyl (C=O) groups excluding carboxylic acids is 2. The number of benzene rings is 1. The summed E-state index contributed by atoms with van der Waals surface area (Å²) in [5, 5.41) is 2.58. The van der Waals surface area contributed by atoms with Crippen molar-refractivity contribution in [1.29, 1.82) is 0 Å². The minimum Gasteiger partial charge on any atom is -0.468 e. The van der Waals surface area contributed by atoms with Gasteiger partial charge in [-0.2, -0.15) is 16.5 Å². The Hall–Kier alpha value is -1.62. The van der Waals surface area contributed by atoms with Crippen molar-refractivity contribution in [3.05, 3.63) is 24.3 Å². The average molecular weight is 375 g/mol. The Morgan fingerprint density at radius 1 is 1.38 bits per heavy atom. The van der Waals surface area contributed by atoms with Crippen molar-refractivity contribution in [3.63, 3.8) is 0 Å². The molecule has 0 aliphatic rings. The summed E-state index contributed by atoms with van der Waals surface area (Å²) in [5.74, 6) is -0.343. The third kappa shape index (κ3) is 6.48. The minimum atomic E-state index is -3.89. The van der Waals surface area contributed by atoms with Gasteiger partial charge < -0.3 is 15.8 Å². The highest BCUT2D eigenvalue weighted by molar-refractivity contribution is 7.98. The standard InChI is InChI=1S/C14H21N3O5S2/c1-22-13(18)9-16-24(20,21)11-5-3-4-10(8-11)17-14(19)12(15)6-7-23-2/h3-5,8,12,16H,6-7,9,15H2,1-2H3,(H,17,19)/t12-/m0/s1. The molecule has 1 amide bonds. The molecule has 0 aromatic heterocycles. The van der Waals surface area contributed by atoms with Gasteiger partial charge in [0.15, 0.2) is 0 Å². The topological polar surface area (TPSA) is 128 Å². The average Bonchev–Trinajstić information content (AvgIpc) is 2.57. The molecule has 1 aromatic carbocycles. The maximum atomic E-state index is 12.1. The molecule has 0 spiro atoms. The smallest absolute Gasteiger partial charge is 0.320 e. The summed E-state index contributed by atoms with van der Waals surface area (Å²) in [6.45, 7) is -0.477. The Morgan fingerprint density at radius 3 is 2.71 bits per heavy atom. The first-order valence-corrected chi connectivity index (χ1v) is 9.89. The van der Waals surface area contributed by atoms with Gasteiger partial charge in [0.2, 0.25) is 15.9 Å². The van der Waals surface area contributed by atoms with E-state index in [-0.39, 0.29) is 10.8 Å². The Bertz CT molecular complexity index is 679. The summed E-state index contributed by atoms with van der Waals surface area (Å²) in [6, 6.07) is 5.01. The van der Waals surface area contributed by atoms with Crippen molar-refractivity contribution in [2.45, 2.75) is 17.4 Å². The Labute approximate surface area is 145 Å². The molecule has 0 bridgehead atoms. The molecule has 1 rings (SSSR count). The fraction of sp³-hybridized carbons (Fsp3) is 0.429. The van der Waals surface area contributed by atoms with Gasteiger partial charge in [-0.3, -0.25) is 9.59 Å². The summed E-state index contributed by atoms with van der Waals surface area (Å²) in [5.41, 5.74) is 6.07. The van der Waals surface area contributed by atoms with Crippen molar-refractivity contribution < 1.29 is 22.7 Å². The number of hydrogen-bond acceptors (Lipinski definition) is 7. The van der Waals surface area contributed by atoms with E-state index in [2.05, 4.69) is 14.8 Å². The largest absolute Gasteiger partial charge is 0.468 e. The molecule has 0 aliphatic carbocycles. The zero-order valence-corrected chi connectivity index (χ0v) is 15.1. The first-order valence-electron chi connectivity index (χ1n) is 7.02. The molecule has 10 heteroatoms. The summed E-state index contributed by atoms with van der Waals surface area (Å²) in [4.78, 5) is 22.9. The monoisotopic (exact) mass is 375 g/mol. The van der Waals surface area contributed by atoms with Gasteiger partial charge in [0.05, 0.1) is 18.0 Å². The first kappa shape index (κ1) is 20.4. The van der Waals surface area contributed by atoms with Crippen molar-refractivity contribution in [2.75, 3.05) is 31.0 Å². The molecule has 8 nitrogen and oxygen atoms in total. The maximum absolute atomic E-state index is 12.1. The second-order valence-corrected chi connectivity index (χ2v) is 7.56. The lowest BCUT2D eigenvalue weighted by molar-refractivity contribution is -0.139. The van der Waals surface area contributed by atoms with Crippen LogP contribution in [-0.2, 0) is 24.3 Å². The SMILES string of the molecule is COC(=O)CNS(=O)(=O)c1cccc(NC(=O)[C@@H](N)CCSC)c1. The van der Waals surface area contributed by atoms with Crippen LogP contribution < -0.4 is 15.8 Å². The molecule has 0 fully saturated rings. The zero-order valence-electron chi connectivity index (χ0n) is 13.4. The fourth-order valence-electron chi connectivity index (χ4n) is 1.66. The third-order valence-electron chi connectivity index (χ3n) is 3.02. The number of sulfonamides is 1. The normalized spacial score (nSPS) is 12.5. The van der Waals surface area contributed by atoms with Gasteiger partial charge in [0, 0.05) is 5.69 Å². The number of carbonyl (C=O) groups is 2. The molecule has 134 valence electrons. The molecule has 0 saturated carbocycles. The van der Waals surface area contributed by atoms with E-state index >= 15 is 0 Å². The molecule has 24 heavy (non-hydrogen) atoms. The highest BCUT2D eigenvalue weighted by atomic mass is 32.2. The number of thioether (sulfide) groups is 1. The molecule has 4 N–H and O–H groups in total. The lowest BCUT2D eigenvalue weighted by Gasteiger charge is -2.12. The molecule has 0 saturated heterocycles. The molecular formula is C14H21N3O5S2. The van der Waals surface area contributed by atoms with E-state index in [9.17, 15) is 18.0 Å². The van der Waals surface area contributed by atoms with Crippen molar-refractivity contribution in [1.82, 2.24) is 4.72 Å². The summed E-state index contributed by atoms with van der Waals surface area (Å²) in [6.07, 6.45) is 2.44. The van der Waals surface area contributed by atoms with Crippen molar-refractivity contribution in [3.8, 4) is 0 Å². The van der Waals surface area contributed by atoms with Gasteiger partial charge in [-0.05, 0) is 36.6 Å². The minimum absolute atomic E-state index is 0.0816. The Morgan fingerprint density at radius 2 is 2.08 bits per heavy atom. The van der Waals surface area contributed by atoms with Gasteiger partial charge in [0.25, 0.3) is 0 Å². The molecule has 0 aliphatic heterocycles. The maximum Gasteiger partial charge on any atom is 0.320 e. The second-order valence-electron chi connectivity index (χ2n) is 4.81. The molecular weight excluding hydrogens is 354 g/mol. The fourth-order valence-corrected chi connectivity index (χ4v) is 3.17. The predicted octanol–water partition coefficient (Wildman–Crippen LogP) is 0.157. The lowest BCUT2D eigenvalue weighted by Crippen LogP contribution is -2.36. The Kier molecular flexibility index (Phi) is 8.19. The van der Waals surface area contributed by atoms with Crippen LogP contribution >= 0.6 is 11.8 Å². The van der Waals surface area contributed by atoms with Crippen LogP contribution in [0.2, 0.25) is 0 Å². The van der Waals surface area contributed by atoms with Crippen LogP contribution in [0.3, 0.4) is 0 Å². The van der Waals surface area contributed by atoms with E-state index in [0.717, 1.165) is 12.9 Å². The van der Waals surface area contributed by atoms with Crippen LogP contribution in [0.4, 0.5) is 5.69 Å². The Balaban J connectivity index is 2.79. The number of methoxy groups -OCH3 is 1. The number of nitrogens with two attached hydrogens (primary N) is 1. The van der Waals surface area contributed by atoms with E-state index in [1.807, 2.05) is 6.26 Å². The molecule has 0 unspecified atom stereocenters. The first-order chi connectivity index (χ1) is 11.3. The summed E-state index contributed by atoms with van der Waals surface area (Å²) < 4.78 is 30.7. The molecule has 1 atom stereocenters. The van der Waals surface area contributed by atoms with Crippen molar-refractivity contribution in [2.24, 2.45) is 5.73 Å². The van der Waals surface area contributed by atoms with Crippen molar-refractivity contribution >= 4 is 39.3 Å². The number of rotatable bonds is 9. The molecule has 0 heterocycles. The summed E-state index contributed by atoms with van der Waals surface area (Å²) in [7, 11) is -2.74. The number of hydrogen-bond donors (Lipinski definition) is 3. The number of ether oxygens (including phenoxy) is 1. The van der Waals surface area contributed by atoms with Gasteiger partial charge in [-0.15, -0.1) is 0 Å². The van der Waals surface area contributed by atoms with E-state index in [4.69, 9.17) is 5.73 Å². The zero-order chi connectivity index (χ0) is 18.2. The van der Waals surface area contributed by atoms with Gasteiger partial charge in [0.1, 0.15) is 6.54 Å². The predicted molar refractivity (Wildman–Crippen MR) is 93.3 cm³/mol. The van der Waals surface area contributed by atoms with Gasteiger partial charge in [-0.1, -0.05) is 6.07 Å². The van der Waals surface area contributed by atoms with Crippen LogP contribution in [-0.4, -0.2) is 52.0 Å². The van der Waals surface area contributed by atoms with Crippen LogP contribution in [0.5, 0.6) is 0 Å². The quantitative estimate of drug-likeness (QED) is 0.524. The van der Waals surface area contributed by atoms with E-state index in [0.29, 0.717) is 12.1 Å². The number of amides is 1. The van der Waals surface area contributed by atoms with Gasteiger partial charge >= 0.3 is 5.97 Å².